The van der Waals surface area contributed by atoms with Gasteiger partial charge in [-0.1, -0.05) is 48.5 Å². The van der Waals surface area contributed by atoms with Gasteiger partial charge in [0.05, 0.1) is 16.7 Å². The maximum atomic E-state index is 10.5. The van der Waals surface area contributed by atoms with Gasteiger partial charge in [0.25, 0.3) is 0 Å². The Labute approximate surface area is 132 Å². The number of benzene rings is 1. The number of nitrogens with zero attached hydrogens (tertiary/aromatic N) is 2. The maximum absolute atomic E-state index is 10.5. The summed E-state index contributed by atoms with van der Waals surface area (Å²) < 4.78 is 3.96. The third-order valence-corrected chi connectivity index (χ3v) is 4.38. The molecular weight excluding hydrogens is 315 g/mol. The first-order valence-electron chi connectivity index (χ1n) is 6.23. The van der Waals surface area contributed by atoms with E-state index >= 15 is 0 Å². The molecule has 2 rings (SSSR count). The number of halogens is 2. The van der Waals surface area contributed by atoms with Crippen LogP contribution in [-0.2, 0) is 11.8 Å². The van der Waals surface area contributed by atoms with E-state index in [0.717, 1.165) is 16.1 Å². The average molecular weight is 331 g/mol. The number of rotatable bonds is 3. The molecule has 108 valence electrons. The zero-order chi connectivity index (χ0) is 14.9. The van der Waals surface area contributed by atoms with Crippen molar-refractivity contribution in [1.82, 2.24) is 9.59 Å². The van der Waals surface area contributed by atoms with E-state index in [9.17, 15) is 5.11 Å². The zero-order valence-corrected chi connectivity index (χ0v) is 13.9. The summed E-state index contributed by atoms with van der Waals surface area (Å²) in [5.74, 6) is 0. The highest BCUT2D eigenvalue weighted by molar-refractivity contribution is 7.05. The van der Waals surface area contributed by atoms with Gasteiger partial charge >= 0.3 is 0 Å². The van der Waals surface area contributed by atoms with Crippen LogP contribution in [-0.4, -0.2) is 14.7 Å². The van der Waals surface area contributed by atoms with Crippen LogP contribution in [0.2, 0.25) is 10.0 Å². The largest absolute Gasteiger partial charge is 0.387 e. The van der Waals surface area contributed by atoms with Crippen molar-refractivity contribution in [3.63, 3.8) is 0 Å². The second-order valence-electron chi connectivity index (χ2n) is 5.69. The van der Waals surface area contributed by atoms with Crippen LogP contribution in [0.25, 0.3) is 0 Å². The molecule has 6 heteroatoms. The summed E-state index contributed by atoms with van der Waals surface area (Å²) in [6, 6.07) is 5.24. The Balaban J connectivity index is 2.27. The molecule has 0 spiro atoms. The highest BCUT2D eigenvalue weighted by Gasteiger charge is 2.26. The average Bonchev–Trinajstić information content (AvgIpc) is 2.82. The first kappa shape index (κ1) is 15.7. The normalized spacial score (nSPS) is 13.5. The summed E-state index contributed by atoms with van der Waals surface area (Å²) in [4.78, 5) is 0.786. The van der Waals surface area contributed by atoms with Gasteiger partial charge in [0.2, 0.25) is 0 Å². The Morgan fingerprint density at radius 2 is 2.00 bits per heavy atom. The lowest BCUT2D eigenvalue weighted by Gasteiger charge is -2.19. The number of aliphatic hydroxyl groups is 1. The molecule has 0 radical (unpaired) electrons. The lowest BCUT2D eigenvalue weighted by Crippen LogP contribution is -2.16. The third-order valence-electron chi connectivity index (χ3n) is 2.95. The molecule has 0 aliphatic heterocycles. The van der Waals surface area contributed by atoms with E-state index in [2.05, 4.69) is 9.59 Å². The Kier molecular flexibility index (Phi) is 4.69. The van der Waals surface area contributed by atoms with Gasteiger partial charge in [-0.3, -0.25) is 0 Å². The molecule has 0 aliphatic rings. The van der Waals surface area contributed by atoms with E-state index in [4.69, 9.17) is 23.2 Å². The maximum Gasteiger partial charge on any atom is 0.0958 e. The van der Waals surface area contributed by atoms with Crippen molar-refractivity contribution < 1.29 is 5.11 Å². The molecule has 1 N–H and O–H groups in total. The molecule has 3 nitrogen and oxygen atoms in total. The van der Waals surface area contributed by atoms with Crippen molar-refractivity contribution in [2.75, 3.05) is 0 Å². The van der Waals surface area contributed by atoms with E-state index in [0.29, 0.717) is 16.5 Å². The number of aromatic nitrogens is 2. The summed E-state index contributed by atoms with van der Waals surface area (Å²) in [6.45, 7) is 6.14. The van der Waals surface area contributed by atoms with Gasteiger partial charge in [0.1, 0.15) is 0 Å². The quantitative estimate of drug-likeness (QED) is 0.906. The summed E-state index contributed by atoms with van der Waals surface area (Å²) in [5.41, 5.74) is 1.50. The van der Waals surface area contributed by atoms with E-state index in [1.165, 1.54) is 11.5 Å². The highest BCUT2D eigenvalue weighted by atomic mass is 35.5. The molecule has 0 saturated heterocycles. The molecule has 1 heterocycles. The fourth-order valence-electron chi connectivity index (χ4n) is 1.94. The lowest BCUT2D eigenvalue weighted by atomic mass is 9.89. The molecule has 1 unspecified atom stereocenters. The van der Waals surface area contributed by atoms with Crippen LogP contribution in [0.1, 0.15) is 43.0 Å². The van der Waals surface area contributed by atoms with Crippen LogP contribution in [0.15, 0.2) is 18.2 Å². The molecule has 0 saturated carbocycles. The Hall–Kier alpha value is -0.680. The van der Waals surface area contributed by atoms with E-state index in [1.54, 1.807) is 18.2 Å². The van der Waals surface area contributed by atoms with Gasteiger partial charge in [-0.05, 0) is 35.3 Å². The van der Waals surface area contributed by atoms with Gasteiger partial charge < -0.3 is 5.11 Å². The summed E-state index contributed by atoms with van der Waals surface area (Å²) in [7, 11) is 0. The van der Waals surface area contributed by atoms with Crippen LogP contribution in [0, 0.1) is 0 Å². The first-order chi connectivity index (χ1) is 9.29. The molecule has 2 aromatic rings. The predicted octanol–water partition coefficient (Wildman–Crippen LogP) is 4.42. The standard InChI is InChI=1S/C14H16Cl2N2OS/c1-14(2,3)13-12(20-18-17-13)11(19)7-8-6-9(15)4-5-10(8)16/h4-6,11,19H,7H2,1-3H3. The van der Waals surface area contributed by atoms with Crippen molar-refractivity contribution in [2.45, 2.75) is 38.7 Å². The van der Waals surface area contributed by atoms with Crippen molar-refractivity contribution in [3.05, 3.63) is 44.4 Å². The Morgan fingerprint density at radius 1 is 1.30 bits per heavy atom. The smallest absolute Gasteiger partial charge is 0.0958 e. The third kappa shape index (κ3) is 3.50. The monoisotopic (exact) mass is 330 g/mol. The van der Waals surface area contributed by atoms with Gasteiger partial charge in [-0.2, -0.15) is 0 Å². The van der Waals surface area contributed by atoms with Gasteiger partial charge in [0, 0.05) is 21.9 Å². The zero-order valence-electron chi connectivity index (χ0n) is 11.5. The molecule has 1 aromatic carbocycles. The number of hydrogen-bond acceptors (Lipinski definition) is 4. The Bertz CT molecular complexity index is 607. The predicted molar refractivity (Wildman–Crippen MR) is 83.7 cm³/mol. The van der Waals surface area contributed by atoms with E-state index in [-0.39, 0.29) is 5.41 Å². The molecule has 0 amide bonds. The number of aliphatic hydroxyl groups excluding tert-OH is 1. The molecule has 0 aliphatic carbocycles. The van der Waals surface area contributed by atoms with Crippen LogP contribution in [0.4, 0.5) is 0 Å². The second-order valence-corrected chi connectivity index (χ2v) is 7.32. The molecule has 1 atom stereocenters. The number of hydrogen-bond donors (Lipinski definition) is 1. The van der Waals surface area contributed by atoms with Crippen LogP contribution in [0.3, 0.4) is 0 Å². The van der Waals surface area contributed by atoms with Crippen molar-refractivity contribution in [1.29, 1.82) is 0 Å². The van der Waals surface area contributed by atoms with Crippen LogP contribution >= 0.6 is 34.7 Å². The fourth-order valence-corrected chi connectivity index (χ4v) is 3.18. The fraction of sp³-hybridized carbons (Fsp3) is 0.429. The van der Waals surface area contributed by atoms with Crippen LogP contribution in [0.5, 0.6) is 0 Å². The van der Waals surface area contributed by atoms with Crippen molar-refractivity contribution in [2.24, 2.45) is 0 Å². The first-order valence-corrected chi connectivity index (χ1v) is 7.76. The minimum atomic E-state index is -0.680. The highest BCUT2D eigenvalue weighted by Crippen LogP contribution is 2.33. The van der Waals surface area contributed by atoms with E-state index < -0.39 is 6.10 Å². The van der Waals surface area contributed by atoms with Gasteiger partial charge in [0.15, 0.2) is 0 Å². The summed E-state index contributed by atoms with van der Waals surface area (Å²) >= 11 is 13.3. The second kappa shape index (κ2) is 5.98. The Morgan fingerprint density at radius 3 is 2.65 bits per heavy atom. The van der Waals surface area contributed by atoms with E-state index in [1.807, 2.05) is 20.8 Å². The SMILES string of the molecule is CC(C)(C)c1nnsc1C(O)Cc1cc(Cl)ccc1Cl. The molecular formula is C14H16Cl2N2OS. The molecule has 1 aromatic heterocycles. The molecule has 0 fully saturated rings. The van der Waals surface area contributed by atoms with Crippen molar-refractivity contribution in [3.8, 4) is 0 Å². The molecule has 0 bridgehead atoms. The van der Waals surface area contributed by atoms with Crippen LogP contribution < -0.4 is 0 Å². The van der Waals surface area contributed by atoms with Gasteiger partial charge in [-0.25, -0.2) is 0 Å². The van der Waals surface area contributed by atoms with Crippen molar-refractivity contribution >= 4 is 34.7 Å². The summed E-state index contributed by atoms with van der Waals surface area (Å²) in [6.07, 6.45) is -0.285. The molecule has 20 heavy (non-hydrogen) atoms. The summed E-state index contributed by atoms with van der Waals surface area (Å²) in [5, 5.41) is 15.8. The van der Waals surface area contributed by atoms with Gasteiger partial charge in [-0.15, -0.1) is 5.10 Å². The lowest BCUT2D eigenvalue weighted by molar-refractivity contribution is 0.179. The minimum Gasteiger partial charge on any atom is -0.387 e. The minimum absolute atomic E-state index is 0.151. The topological polar surface area (TPSA) is 46.0 Å².